The fraction of sp³-hybridized carbons (Fsp3) is 0.316. The monoisotopic (exact) mass is 568 g/mol. The molecule has 0 radical (unpaired) electrons. The Morgan fingerprint density at radius 1 is 1.33 bits per heavy atom. The van der Waals surface area contributed by atoms with Crippen molar-refractivity contribution in [3.8, 4) is 0 Å². The zero-order valence-corrected chi connectivity index (χ0v) is 21.6. The van der Waals surface area contributed by atoms with Gasteiger partial charge >= 0.3 is 5.97 Å². The van der Waals surface area contributed by atoms with Gasteiger partial charge in [0.15, 0.2) is 15.9 Å². The summed E-state index contributed by atoms with van der Waals surface area (Å²) in [5.74, 6) is -0.259. The van der Waals surface area contributed by atoms with E-state index in [0.717, 1.165) is 33.9 Å². The molecule has 1 fully saturated rings. The number of carboxylic acids is 1. The Balaban J connectivity index is 1.47. The molecule has 2 aromatic rings. The second-order valence-electron chi connectivity index (χ2n) is 7.25. The standard InChI is InChI=1S/C19H20N8O5S4/c20-4-5-33-7-11-23-19(36-26-11)35-9-6-34-17-13(16(29)27(17)14(9)18(30)31)24-15(28)12(25-32)8-2-1-3-10(21)22-8/h1-3,13,17,32H,4-7,20H2,(H2,21,22)(H,24,28)(H,30,31)/b25-12-/t13-,17-/m1/s1. The van der Waals surface area contributed by atoms with Gasteiger partial charge in [0, 0.05) is 23.0 Å². The number of carbonyl (C=O) groups is 3. The van der Waals surface area contributed by atoms with Gasteiger partial charge in [-0.25, -0.2) is 14.8 Å². The van der Waals surface area contributed by atoms with Crippen LogP contribution in [0.3, 0.4) is 0 Å². The van der Waals surface area contributed by atoms with Gasteiger partial charge in [-0.15, -0.1) is 11.8 Å². The van der Waals surface area contributed by atoms with Crippen LogP contribution in [-0.4, -0.2) is 82.5 Å². The number of nitrogen functional groups attached to an aromatic ring is 1. The number of oxime groups is 1. The molecule has 2 amide bonds. The van der Waals surface area contributed by atoms with E-state index in [-0.39, 0.29) is 17.2 Å². The largest absolute Gasteiger partial charge is 0.477 e. The number of hydrogen-bond acceptors (Lipinski definition) is 14. The minimum absolute atomic E-state index is 0.0255. The van der Waals surface area contributed by atoms with Crippen LogP contribution in [0.4, 0.5) is 5.82 Å². The van der Waals surface area contributed by atoms with Gasteiger partial charge in [0.2, 0.25) is 0 Å². The molecule has 2 aromatic heterocycles. The second kappa shape index (κ2) is 11.5. The number of thioether (sulfide) groups is 3. The van der Waals surface area contributed by atoms with Gasteiger partial charge in [-0.2, -0.15) is 16.1 Å². The highest BCUT2D eigenvalue weighted by atomic mass is 32.2. The van der Waals surface area contributed by atoms with Crippen molar-refractivity contribution in [1.82, 2.24) is 24.6 Å². The van der Waals surface area contributed by atoms with E-state index in [0.29, 0.717) is 33.1 Å². The van der Waals surface area contributed by atoms with Crippen LogP contribution in [0.15, 0.2) is 38.3 Å². The Morgan fingerprint density at radius 2 is 2.14 bits per heavy atom. The number of nitrogens with zero attached hydrogens (tertiary/aromatic N) is 5. The van der Waals surface area contributed by atoms with Crippen LogP contribution in [0.2, 0.25) is 0 Å². The third kappa shape index (κ3) is 5.44. The summed E-state index contributed by atoms with van der Waals surface area (Å²) in [6.45, 7) is 0.556. The van der Waals surface area contributed by atoms with Crippen LogP contribution in [0.1, 0.15) is 11.5 Å². The molecule has 36 heavy (non-hydrogen) atoms. The third-order valence-corrected chi connectivity index (χ3v) is 9.23. The lowest BCUT2D eigenvalue weighted by atomic mass is 10.0. The van der Waals surface area contributed by atoms with Gasteiger partial charge in [0.1, 0.15) is 28.6 Å². The third-order valence-electron chi connectivity index (χ3n) is 4.90. The summed E-state index contributed by atoms with van der Waals surface area (Å²) < 4.78 is 4.86. The van der Waals surface area contributed by atoms with Crippen molar-refractivity contribution in [2.24, 2.45) is 10.9 Å². The van der Waals surface area contributed by atoms with Crippen molar-refractivity contribution < 1.29 is 24.7 Å². The van der Waals surface area contributed by atoms with Crippen molar-refractivity contribution in [2.45, 2.75) is 21.5 Å². The minimum Gasteiger partial charge on any atom is -0.477 e. The Labute approximate surface area is 221 Å². The Kier molecular flexibility index (Phi) is 8.35. The van der Waals surface area contributed by atoms with Crippen LogP contribution >= 0.6 is 46.8 Å². The number of fused-ring (bicyclic) bond motifs is 1. The minimum atomic E-state index is -1.26. The highest BCUT2D eigenvalue weighted by molar-refractivity contribution is 8.07. The Morgan fingerprint density at radius 3 is 2.83 bits per heavy atom. The lowest BCUT2D eigenvalue weighted by Gasteiger charge is -2.49. The number of carbonyl (C=O) groups excluding carboxylic acids is 2. The summed E-state index contributed by atoms with van der Waals surface area (Å²) in [4.78, 5) is 47.7. The molecule has 2 aliphatic heterocycles. The predicted molar refractivity (Wildman–Crippen MR) is 138 cm³/mol. The number of nitrogens with two attached hydrogens (primary N) is 2. The number of rotatable bonds is 10. The van der Waals surface area contributed by atoms with E-state index >= 15 is 0 Å². The Hall–Kier alpha value is -2.86. The summed E-state index contributed by atoms with van der Waals surface area (Å²) >= 11 is 5.23. The number of hydrogen-bond donors (Lipinski definition) is 5. The maximum atomic E-state index is 12.9. The van der Waals surface area contributed by atoms with Crippen molar-refractivity contribution in [3.05, 3.63) is 40.3 Å². The molecule has 0 aromatic carbocycles. The lowest BCUT2D eigenvalue weighted by Crippen LogP contribution is -2.71. The summed E-state index contributed by atoms with van der Waals surface area (Å²) in [6, 6.07) is 3.46. The summed E-state index contributed by atoms with van der Waals surface area (Å²) in [5.41, 5.74) is 10.6. The average Bonchev–Trinajstić information content (AvgIpc) is 3.30. The molecule has 0 unspecified atom stereocenters. The van der Waals surface area contributed by atoms with E-state index in [2.05, 4.69) is 24.8 Å². The molecule has 17 heteroatoms. The fourth-order valence-electron chi connectivity index (χ4n) is 3.37. The van der Waals surface area contributed by atoms with Gasteiger partial charge in [0.25, 0.3) is 11.8 Å². The number of pyridine rings is 1. The van der Waals surface area contributed by atoms with Gasteiger partial charge in [-0.05, 0) is 23.7 Å². The van der Waals surface area contributed by atoms with E-state index in [9.17, 15) is 24.7 Å². The molecule has 0 aliphatic carbocycles. The molecule has 4 rings (SSSR count). The molecule has 2 atom stereocenters. The quantitative estimate of drug-likeness (QED) is 0.0863. The van der Waals surface area contributed by atoms with Gasteiger partial charge < -0.3 is 27.1 Å². The van der Waals surface area contributed by atoms with Crippen molar-refractivity contribution in [2.75, 3.05) is 23.8 Å². The molecule has 190 valence electrons. The first-order chi connectivity index (χ1) is 17.3. The topological polar surface area (TPSA) is 210 Å². The zero-order valence-electron chi connectivity index (χ0n) is 18.4. The van der Waals surface area contributed by atoms with Crippen LogP contribution in [0.5, 0.6) is 0 Å². The number of carboxylic acid groups (broad SMARTS) is 1. The number of anilines is 1. The van der Waals surface area contributed by atoms with Crippen molar-refractivity contribution >= 4 is 76.1 Å². The van der Waals surface area contributed by atoms with Gasteiger partial charge in [-0.3, -0.25) is 14.5 Å². The molecule has 1 saturated heterocycles. The molecule has 13 nitrogen and oxygen atoms in total. The molecule has 0 saturated carbocycles. The van der Waals surface area contributed by atoms with E-state index in [4.69, 9.17) is 11.5 Å². The summed E-state index contributed by atoms with van der Waals surface area (Å²) in [7, 11) is 0. The maximum absolute atomic E-state index is 12.9. The fourth-order valence-corrected chi connectivity index (χ4v) is 7.35. The molecule has 0 bridgehead atoms. The van der Waals surface area contributed by atoms with Crippen LogP contribution in [0, 0.1) is 0 Å². The highest BCUT2D eigenvalue weighted by Crippen LogP contribution is 2.45. The van der Waals surface area contributed by atoms with Crippen LogP contribution in [0.25, 0.3) is 0 Å². The number of β-lactam (4-membered cyclic amide) rings is 1. The number of aliphatic carboxylic acids is 1. The normalized spacial score (nSPS) is 19.6. The molecule has 2 aliphatic rings. The molecule has 7 N–H and O–H groups in total. The molecule has 4 heterocycles. The van der Waals surface area contributed by atoms with Crippen LogP contribution in [-0.2, 0) is 20.1 Å². The number of amides is 2. The first-order valence-corrected chi connectivity index (χ1v) is 14.1. The van der Waals surface area contributed by atoms with E-state index in [1.54, 1.807) is 11.8 Å². The summed E-state index contributed by atoms with van der Waals surface area (Å²) in [5, 5.41) is 24.1. The molecule has 0 spiro atoms. The number of nitrogens with one attached hydrogen (secondary N) is 1. The molecular formula is C19H20N8O5S4. The first kappa shape index (κ1) is 26.2. The number of aromatic nitrogens is 3. The average molecular weight is 569 g/mol. The van der Waals surface area contributed by atoms with Crippen LogP contribution < -0.4 is 16.8 Å². The smallest absolute Gasteiger partial charge is 0.353 e. The van der Waals surface area contributed by atoms with E-state index in [1.165, 1.54) is 30.0 Å². The highest BCUT2D eigenvalue weighted by Gasteiger charge is 2.54. The second-order valence-corrected chi connectivity index (χ2v) is 11.6. The maximum Gasteiger partial charge on any atom is 0.353 e. The van der Waals surface area contributed by atoms with Gasteiger partial charge in [-0.1, -0.05) is 23.0 Å². The SMILES string of the molecule is NCCSCc1nsc(SC2=C(C(=O)O)N3C(=O)[C@@H](NC(=O)/C(=N\O)c4cccc(N)n4)[C@H]3SC2)n1. The Bertz CT molecular complexity index is 1250. The van der Waals surface area contributed by atoms with Gasteiger partial charge in [0.05, 0.1) is 5.75 Å². The predicted octanol–water partition coefficient (Wildman–Crippen LogP) is 0.374. The van der Waals surface area contributed by atoms with Crippen molar-refractivity contribution in [1.29, 1.82) is 0 Å². The van der Waals surface area contributed by atoms with E-state index in [1.807, 2.05) is 0 Å². The van der Waals surface area contributed by atoms with Crippen molar-refractivity contribution in [3.63, 3.8) is 0 Å². The van der Waals surface area contributed by atoms with E-state index < -0.39 is 34.9 Å². The lowest BCUT2D eigenvalue weighted by molar-refractivity contribution is -0.150. The first-order valence-electron chi connectivity index (χ1n) is 10.3. The zero-order chi connectivity index (χ0) is 25.8. The molecular weight excluding hydrogens is 549 g/mol. The summed E-state index contributed by atoms with van der Waals surface area (Å²) in [6.07, 6.45) is 0.